The lowest BCUT2D eigenvalue weighted by Gasteiger charge is -2.43. The van der Waals surface area contributed by atoms with E-state index in [2.05, 4.69) is 10.6 Å². The van der Waals surface area contributed by atoms with Crippen molar-refractivity contribution in [1.29, 1.82) is 0 Å². The van der Waals surface area contributed by atoms with Gasteiger partial charge in [-0.05, 0) is 43.0 Å². The number of halogens is 1. The molecule has 0 radical (unpaired) electrons. The van der Waals surface area contributed by atoms with E-state index in [0.29, 0.717) is 17.3 Å². The number of carbonyl (C=O) groups excluding carboxylic acids is 1. The molecule has 1 aliphatic rings. The van der Waals surface area contributed by atoms with Crippen molar-refractivity contribution in [1.82, 2.24) is 5.32 Å². The van der Waals surface area contributed by atoms with Gasteiger partial charge in [0.05, 0.1) is 10.5 Å². The Morgan fingerprint density at radius 2 is 1.85 bits per heavy atom. The summed E-state index contributed by atoms with van der Waals surface area (Å²) >= 11 is 5.95. The summed E-state index contributed by atoms with van der Waals surface area (Å²) in [4.78, 5) is 23.0. The number of carbonyl (C=O) groups is 1. The number of amides is 1. The first kappa shape index (κ1) is 18.2. The summed E-state index contributed by atoms with van der Waals surface area (Å²) in [6.07, 6.45) is 3.11. The summed E-state index contributed by atoms with van der Waals surface area (Å²) in [6, 6.07) is 14.0. The van der Waals surface area contributed by atoms with Crippen LogP contribution in [-0.4, -0.2) is 17.4 Å². The van der Waals surface area contributed by atoms with Gasteiger partial charge in [-0.2, -0.15) is 0 Å². The van der Waals surface area contributed by atoms with Crippen LogP contribution in [0.1, 0.15) is 31.2 Å². The average Bonchev–Trinajstić information content (AvgIpc) is 2.59. The molecule has 1 amide bonds. The fraction of sp³-hybridized carbons (Fsp3) is 0.316. The van der Waals surface area contributed by atoms with E-state index in [4.69, 9.17) is 11.6 Å². The van der Waals surface area contributed by atoms with Crippen molar-refractivity contribution in [3.63, 3.8) is 0 Å². The van der Waals surface area contributed by atoms with Crippen LogP contribution >= 0.6 is 11.6 Å². The van der Waals surface area contributed by atoms with Crippen LogP contribution in [-0.2, 0) is 10.3 Å². The predicted molar refractivity (Wildman–Crippen MR) is 101 cm³/mol. The Kier molecular flexibility index (Phi) is 5.42. The third kappa shape index (κ3) is 3.96. The summed E-state index contributed by atoms with van der Waals surface area (Å²) in [7, 11) is 0. The van der Waals surface area contributed by atoms with Crippen LogP contribution in [0, 0.1) is 10.1 Å². The standard InChI is InChI=1S/C19H20ClN3O3/c20-15-8-6-14(7-9-15)19(11-3-12-19)22-18(24)10-13-21-16-4-1-2-5-17(16)23(25)26/h1-2,4-9,21H,3,10-13H2,(H,22,24). The molecule has 0 saturated heterocycles. The molecule has 0 aromatic heterocycles. The van der Waals surface area contributed by atoms with Crippen LogP contribution in [0.25, 0.3) is 0 Å². The summed E-state index contributed by atoms with van der Waals surface area (Å²) in [5.74, 6) is -0.0780. The molecule has 0 atom stereocenters. The SMILES string of the molecule is O=C(CCNc1ccccc1[N+](=O)[O-])NC1(c2ccc(Cl)cc2)CCC1. The number of nitro benzene ring substituents is 1. The molecule has 136 valence electrons. The van der Waals surface area contributed by atoms with Crippen LogP contribution in [0.2, 0.25) is 5.02 Å². The first-order valence-electron chi connectivity index (χ1n) is 8.54. The minimum Gasteiger partial charge on any atom is -0.379 e. The quantitative estimate of drug-likeness (QED) is 0.561. The number of hydrogen-bond acceptors (Lipinski definition) is 4. The highest BCUT2D eigenvalue weighted by atomic mass is 35.5. The highest BCUT2D eigenvalue weighted by Gasteiger charge is 2.39. The molecule has 0 aliphatic heterocycles. The maximum atomic E-state index is 12.4. The van der Waals surface area contributed by atoms with E-state index in [1.54, 1.807) is 18.2 Å². The third-order valence-electron chi connectivity index (χ3n) is 4.75. The van der Waals surface area contributed by atoms with Crippen LogP contribution in [0.5, 0.6) is 0 Å². The van der Waals surface area contributed by atoms with Crippen LogP contribution in [0.4, 0.5) is 11.4 Å². The summed E-state index contributed by atoms with van der Waals surface area (Å²) in [5.41, 5.74) is 1.17. The van der Waals surface area contributed by atoms with Gasteiger partial charge in [-0.15, -0.1) is 0 Å². The minimum absolute atomic E-state index is 0.00420. The number of nitro groups is 1. The van der Waals surface area contributed by atoms with Crippen molar-refractivity contribution in [2.45, 2.75) is 31.2 Å². The number of hydrogen-bond donors (Lipinski definition) is 2. The lowest BCUT2D eigenvalue weighted by atomic mass is 9.71. The van der Waals surface area contributed by atoms with Crippen molar-refractivity contribution in [2.75, 3.05) is 11.9 Å². The average molecular weight is 374 g/mol. The molecular weight excluding hydrogens is 354 g/mol. The summed E-state index contributed by atoms with van der Waals surface area (Å²) in [5, 5.41) is 17.8. The first-order chi connectivity index (χ1) is 12.5. The molecule has 1 saturated carbocycles. The largest absolute Gasteiger partial charge is 0.379 e. The van der Waals surface area contributed by atoms with E-state index in [0.717, 1.165) is 24.8 Å². The number of nitrogens with zero attached hydrogens (tertiary/aromatic N) is 1. The highest BCUT2D eigenvalue weighted by molar-refractivity contribution is 6.30. The van der Waals surface area contributed by atoms with Gasteiger partial charge in [-0.25, -0.2) is 0 Å². The van der Waals surface area contributed by atoms with Crippen LogP contribution in [0.3, 0.4) is 0 Å². The lowest BCUT2D eigenvalue weighted by molar-refractivity contribution is -0.384. The zero-order chi connectivity index (χ0) is 18.6. The molecule has 6 nitrogen and oxygen atoms in total. The van der Waals surface area contributed by atoms with E-state index in [1.807, 2.05) is 24.3 Å². The zero-order valence-corrected chi connectivity index (χ0v) is 15.0. The van der Waals surface area contributed by atoms with Crippen LogP contribution < -0.4 is 10.6 Å². The predicted octanol–water partition coefficient (Wildman–Crippen LogP) is 4.25. The Morgan fingerprint density at radius 1 is 1.15 bits per heavy atom. The van der Waals surface area contributed by atoms with E-state index in [1.165, 1.54) is 6.07 Å². The molecule has 1 fully saturated rings. The van der Waals surface area contributed by atoms with Gasteiger partial charge >= 0.3 is 0 Å². The number of nitrogens with one attached hydrogen (secondary N) is 2. The summed E-state index contributed by atoms with van der Waals surface area (Å²) in [6.45, 7) is 0.327. The Balaban J connectivity index is 1.57. The van der Waals surface area contributed by atoms with Gasteiger partial charge in [0, 0.05) is 24.1 Å². The topological polar surface area (TPSA) is 84.3 Å². The van der Waals surface area contributed by atoms with Gasteiger partial charge in [-0.3, -0.25) is 14.9 Å². The number of para-hydroxylation sites is 2. The van der Waals surface area contributed by atoms with Gasteiger partial charge in [0.2, 0.25) is 5.91 Å². The summed E-state index contributed by atoms with van der Waals surface area (Å²) < 4.78 is 0. The lowest BCUT2D eigenvalue weighted by Crippen LogP contribution is -2.51. The molecule has 2 aromatic carbocycles. The van der Waals surface area contributed by atoms with E-state index >= 15 is 0 Å². The van der Waals surface area contributed by atoms with Crippen molar-refractivity contribution in [3.8, 4) is 0 Å². The van der Waals surface area contributed by atoms with Crippen molar-refractivity contribution in [2.24, 2.45) is 0 Å². The maximum absolute atomic E-state index is 12.4. The molecule has 2 N–H and O–H groups in total. The monoisotopic (exact) mass is 373 g/mol. The second-order valence-corrected chi connectivity index (χ2v) is 6.88. The number of anilines is 1. The van der Waals surface area contributed by atoms with Crippen molar-refractivity contribution < 1.29 is 9.72 Å². The zero-order valence-electron chi connectivity index (χ0n) is 14.2. The van der Waals surface area contributed by atoms with Gasteiger partial charge in [-0.1, -0.05) is 35.9 Å². The Labute approximate surface area is 156 Å². The number of rotatable bonds is 7. The second kappa shape index (κ2) is 7.74. The molecule has 2 aromatic rings. The fourth-order valence-electron chi connectivity index (χ4n) is 3.21. The van der Waals surface area contributed by atoms with E-state index < -0.39 is 4.92 Å². The molecular formula is C19H20ClN3O3. The second-order valence-electron chi connectivity index (χ2n) is 6.44. The highest BCUT2D eigenvalue weighted by Crippen LogP contribution is 2.41. The molecule has 0 unspecified atom stereocenters. The van der Waals surface area contributed by atoms with Gasteiger partial charge < -0.3 is 10.6 Å². The maximum Gasteiger partial charge on any atom is 0.292 e. The normalized spacial score (nSPS) is 15.0. The van der Waals surface area contributed by atoms with Crippen molar-refractivity contribution >= 4 is 28.9 Å². The minimum atomic E-state index is -0.438. The first-order valence-corrected chi connectivity index (χ1v) is 8.92. The van der Waals surface area contributed by atoms with E-state index in [9.17, 15) is 14.9 Å². The molecule has 0 bridgehead atoms. The molecule has 0 heterocycles. The Bertz CT molecular complexity index is 804. The molecule has 3 rings (SSSR count). The van der Waals surface area contributed by atoms with Gasteiger partial charge in [0.15, 0.2) is 0 Å². The fourth-order valence-corrected chi connectivity index (χ4v) is 3.33. The van der Waals surface area contributed by atoms with Gasteiger partial charge in [0.25, 0.3) is 5.69 Å². The Morgan fingerprint density at radius 3 is 2.46 bits per heavy atom. The van der Waals surface area contributed by atoms with Crippen LogP contribution in [0.15, 0.2) is 48.5 Å². The molecule has 0 spiro atoms. The number of benzene rings is 2. The molecule has 7 heteroatoms. The Hall–Kier alpha value is -2.60. The third-order valence-corrected chi connectivity index (χ3v) is 5.00. The van der Waals surface area contributed by atoms with E-state index in [-0.39, 0.29) is 23.6 Å². The molecule has 1 aliphatic carbocycles. The van der Waals surface area contributed by atoms with Crippen molar-refractivity contribution in [3.05, 3.63) is 69.2 Å². The molecule has 26 heavy (non-hydrogen) atoms. The van der Waals surface area contributed by atoms with Gasteiger partial charge in [0.1, 0.15) is 5.69 Å². The smallest absolute Gasteiger partial charge is 0.292 e.